The van der Waals surface area contributed by atoms with Crippen molar-refractivity contribution in [2.24, 2.45) is 0 Å². The van der Waals surface area contributed by atoms with Crippen molar-refractivity contribution in [2.45, 2.75) is 5.03 Å². The molecule has 0 atom stereocenters. The number of aromatic nitrogens is 2. The topological polar surface area (TPSA) is 72.3 Å². The van der Waals surface area contributed by atoms with Gasteiger partial charge in [-0.05, 0) is 6.26 Å². The third kappa shape index (κ3) is 2.95. The molecule has 0 saturated heterocycles. The van der Waals surface area contributed by atoms with Gasteiger partial charge in [0, 0.05) is 17.5 Å². The summed E-state index contributed by atoms with van der Waals surface area (Å²) in [7, 11) is 0. The number of hydrogen-bond donors (Lipinski definition) is 1. The summed E-state index contributed by atoms with van der Waals surface area (Å²) in [6.07, 6.45) is 3.31. The first kappa shape index (κ1) is 11.9. The Labute approximate surface area is 105 Å². The lowest BCUT2D eigenvalue weighted by atomic mass is 10.4. The maximum Gasteiger partial charge on any atom is 0.346 e. The van der Waals surface area contributed by atoms with Crippen molar-refractivity contribution >= 4 is 29.1 Å². The Bertz CT molecular complexity index is 542. The minimum atomic E-state index is -0.961. The van der Waals surface area contributed by atoms with Crippen LogP contribution >= 0.6 is 23.1 Å². The van der Waals surface area contributed by atoms with Gasteiger partial charge in [-0.25, -0.2) is 14.8 Å². The summed E-state index contributed by atoms with van der Waals surface area (Å²) in [5, 5.41) is 11.2. The third-order valence-corrected chi connectivity index (χ3v) is 3.37. The minimum Gasteiger partial charge on any atom is -0.477 e. The van der Waals surface area contributed by atoms with E-state index < -0.39 is 5.97 Å². The minimum absolute atomic E-state index is 0.235. The summed E-state index contributed by atoms with van der Waals surface area (Å²) in [5.74, 6) is -0.0883. The normalized spacial score (nSPS) is 10.2. The van der Waals surface area contributed by atoms with E-state index in [0.717, 1.165) is 16.4 Å². The summed E-state index contributed by atoms with van der Waals surface area (Å²) in [5.41, 5.74) is 0. The number of carbonyl (C=O) groups is 1. The maximum absolute atomic E-state index is 10.7. The van der Waals surface area contributed by atoms with Crippen LogP contribution in [0.3, 0.4) is 0 Å². The molecule has 2 rings (SSSR count). The van der Waals surface area contributed by atoms with Gasteiger partial charge in [-0.15, -0.1) is 23.1 Å². The van der Waals surface area contributed by atoms with E-state index in [1.54, 1.807) is 11.4 Å². The Morgan fingerprint density at radius 1 is 1.47 bits per heavy atom. The number of aromatic carboxylic acids is 1. The number of carboxylic acids is 1. The third-order valence-electron chi connectivity index (χ3n) is 1.83. The lowest BCUT2D eigenvalue weighted by Gasteiger charge is -2.02. The van der Waals surface area contributed by atoms with Crippen molar-refractivity contribution in [1.29, 1.82) is 0 Å². The second-order valence-corrected chi connectivity index (χ2v) is 4.69. The van der Waals surface area contributed by atoms with Crippen molar-refractivity contribution in [2.75, 3.05) is 6.26 Å². The second-order valence-electron chi connectivity index (χ2n) is 2.95. The smallest absolute Gasteiger partial charge is 0.346 e. The highest BCUT2D eigenvalue weighted by Gasteiger charge is 2.09. The summed E-state index contributed by atoms with van der Waals surface area (Å²) in [4.78, 5) is 18.9. The highest BCUT2D eigenvalue weighted by molar-refractivity contribution is 7.98. The van der Waals surface area contributed by atoms with Crippen LogP contribution in [0.5, 0.6) is 11.6 Å². The first-order valence-corrected chi connectivity index (χ1v) is 6.65. The Kier molecular flexibility index (Phi) is 3.60. The number of ether oxygens (including phenoxy) is 1. The average Bonchev–Trinajstić information content (AvgIpc) is 2.78. The predicted octanol–water partition coefficient (Wildman–Crippen LogP) is 2.75. The summed E-state index contributed by atoms with van der Waals surface area (Å²) < 4.78 is 5.43. The molecule has 2 aromatic rings. The monoisotopic (exact) mass is 268 g/mol. The van der Waals surface area contributed by atoms with Crippen molar-refractivity contribution < 1.29 is 14.6 Å². The van der Waals surface area contributed by atoms with Crippen LogP contribution in [0.2, 0.25) is 0 Å². The quantitative estimate of drug-likeness (QED) is 0.679. The molecule has 0 saturated carbocycles. The lowest BCUT2D eigenvalue weighted by molar-refractivity contribution is 0.0702. The molecule has 7 heteroatoms. The fourth-order valence-electron chi connectivity index (χ4n) is 1.10. The van der Waals surface area contributed by atoms with Crippen LogP contribution in [0, 0.1) is 0 Å². The molecular formula is C10H8N2O3S2. The van der Waals surface area contributed by atoms with Gasteiger partial charge in [-0.3, -0.25) is 0 Å². The van der Waals surface area contributed by atoms with Gasteiger partial charge < -0.3 is 9.84 Å². The molecule has 0 aromatic carbocycles. The number of carboxylic acid groups (broad SMARTS) is 1. The van der Waals surface area contributed by atoms with Crippen LogP contribution in [0.1, 0.15) is 9.67 Å². The zero-order chi connectivity index (χ0) is 12.3. The highest BCUT2D eigenvalue weighted by Crippen LogP contribution is 2.26. The second kappa shape index (κ2) is 5.15. The van der Waals surface area contributed by atoms with Crippen molar-refractivity contribution in [1.82, 2.24) is 9.97 Å². The van der Waals surface area contributed by atoms with E-state index in [4.69, 9.17) is 9.84 Å². The molecule has 0 aliphatic carbocycles. The van der Waals surface area contributed by atoms with Gasteiger partial charge in [0.1, 0.15) is 22.0 Å². The molecule has 0 fully saturated rings. The number of nitrogens with zero attached hydrogens (tertiary/aromatic N) is 2. The molecule has 1 N–H and O–H groups in total. The summed E-state index contributed by atoms with van der Waals surface area (Å²) in [6, 6.07) is 3.16. The maximum atomic E-state index is 10.7. The molecule has 0 unspecified atom stereocenters. The van der Waals surface area contributed by atoms with E-state index in [0.29, 0.717) is 11.6 Å². The number of rotatable bonds is 4. The zero-order valence-corrected chi connectivity index (χ0v) is 10.4. The van der Waals surface area contributed by atoms with Crippen molar-refractivity contribution in [3.05, 3.63) is 28.7 Å². The van der Waals surface area contributed by atoms with E-state index in [2.05, 4.69) is 9.97 Å². The molecule has 0 aliphatic rings. The molecule has 2 aromatic heterocycles. The van der Waals surface area contributed by atoms with Gasteiger partial charge in [0.25, 0.3) is 0 Å². The van der Waals surface area contributed by atoms with Gasteiger partial charge in [0.2, 0.25) is 5.88 Å². The van der Waals surface area contributed by atoms with E-state index in [9.17, 15) is 4.79 Å². The van der Waals surface area contributed by atoms with Gasteiger partial charge >= 0.3 is 5.97 Å². The Balaban J connectivity index is 2.16. The molecule has 5 nitrogen and oxygen atoms in total. The fraction of sp³-hybridized carbons (Fsp3) is 0.100. The first-order valence-electron chi connectivity index (χ1n) is 4.55. The molecule has 17 heavy (non-hydrogen) atoms. The first-order chi connectivity index (χ1) is 8.19. The lowest BCUT2D eigenvalue weighted by Crippen LogP contribution is -1.91. The number of thioether (sulfide) groups is 1. The van der Waals surface area contributed by atoms with Crippen LogP contribution < -0.4 is 4.74 Å². The number of hydrogen-bond acceptors (Lipinski definition) is 6. The van der Waals surface area contributed by atoms with E-state index >= 15 is 0 Å². The van der Waals surface area contributed by atoms with Crippen molar-refractivity contribution in [3.8, 4) is 11.6 Å². The SMILES string of the molecule is CSc1cc(Oc2csc(C(=O)O)c2)ncn1. The van der Waals surface area contributed by atoms with Gasteiger partial charge in [-0.1, -0.05) is 0 Å². The standard InChI is InChI=1S/C10H8N2O3S2/c1-16-9-3-8(11-5-12-9)15-6-2-7(10(13)14)17-4-6/h2-5H,1H3,(H,13,14). The van der Waals surface area contributed by atoms with E-state index in [-0.39, 0.29) is 4.88 Å². The molecule has 0 aliphatic heterocycles. The van der Waals surface area contributed by atoms with Crippen LogP contribution in [0.4, 0.5) is 0 Å². The highest BCUT2D eigenvalue weighted by atomic mass is 32.2. The molecule has 88 valence electrons. The van der Waals surface area contributed by atoms with E-state index in [1.807, 2.05) is 6.26 Å². The summed E-state index contributed by atoms with van der Waals surface area (Å²) >= 11 is 2.59. The van der Waals surface area contributed by atoms with E-state index in [1.165, 1.54) is 24.2 Å². The van der Waals surface area contributed by atoms with Crippen LogP contribution in [0.15, 0.2) is 28.9 Å². The molecule has 0 bridgehead atoms. The Morgan fingerprint density at radius 3 is 2.94 bits per heavy atom. The molecule has 0 spiro atoms. The zero-order valence-electron chi connectivity index (χ0n) is 8.78. The Hall–Kier alpha value is -1.60. The molecule has 0 radical (unpaired) electrons. The molecule has 0 amide bonds. The fourth-order valence-corrected chi connectivity index (χ4v) is 2.11. The molecular weight excluding hydrogens is 260 g/mol. The van der Waals surface area contributed by atoms with Gasteiger partial charge in [-0.2, -0.15) is 0 Å². The molecule has 2 heterocycles. The van der Waals surface area contributed by atoms with Crippen LogP contribution in [-0.2, 0) is 0 Å². The summed E-state index contributed by atoms with van der Waals surface area (Å²) in [6.45, 7) is 0. The van der Waals surface area contributed by atoms with Gasteiger partial charge in [0.15, 0.2) is 0 Å². The van der Waals surface area contributed by atoms with Crippen molar-refractivity contribution in [3.63, 3.8) is 0 Å². The largest absolute Gasteiger partial charge is 0.477 e. The number of thiophene rings is 1. The predicted molar refractivity (Wildman–Crippen MR) is 65.2 cm³/mol. The average molecular weight is 268 g/mol. The van der Waals surface area contributed by atoms with Crippen LogP contribution in [0.25, 0.3) is 0 Å². The Morgan fingerprint density at radius 2 is 2.29 bits per heavy atom. The van der Waals surface area contributed by atoms with Crippen LogP contribution in [-0.4, -0.2) is 27.3 Å². The van der Waals surface area contributed by atoms with Gasteiger partial charge in [0.05, 0.1) is 0 Å².